The summed E-state index contributed by atoms with van der Waals surface area (Å²) < 4.78 is 6.79. The van der Waals surface area contributed by atoms with Gasteiger partial charge in [0.05, 0.1) is 11.6 Å². The molecule has 6 aromatic carbocycles. The van der Waals surface area contributed by atoms with Gasteiger partial charge in [0.2, 0.25) is 0 Å². The SMILES string of the molecule is C1=CC2C(c3ccccc3N2c2ccccc2)c2c1oc1c(-c3nc(-c4ccccc4)nc(-c4ccc(-c5ccccc5)cc4)n3)cccc21. The first-order valence-corrected chi connectivity index (χ1v) is 16.9. The number of anilines is 2. The number of hydrogen-bond donors (Lipinski definition) is 0. The van der Waals surface area contributed by atoms with Crippen LogP contribution in [0.2, 0.25) is 0 Å². The molecular weight excluding hydrogens is 613 g/mol. The lowest BCUT2D eigenvalue weighted by molar-refractivity contribution is 0.584. The second-order valence-corrected chi connectivity index (χ2v) is 12.8. The third-order valence-corrected chi connectivity index (χ3v) is 9.90. The van der Waals surface area contributed by atoms with Crippen LogP contribution in [0.1, 0.15) is 22.8 Å². The molecule has 2 aromatic heterocycles. The van der Waals surface area contributed by atoms with E-state index >= 15 is 0 Å². The molecule has 50 heavy (non-hydrogen) atoms. The zero-order chi connectivity index (χ0) is 33.0. The molecule has 2 aliphatic rings. The summed E-state index contributed by atoms with van der Waals surface area (Å²) in [6.07, 6.45) is 4.43. The fourth-order valence-corrected chi connectivity index (χ4v) is 7.63. The van der Waals surface area contributed by atoms with Crippen LogP contribution in [0.15, 0.2) is 168 Å². The fraction of sp³-hybridized carbons (Fsp3) is 0.0444. The highest BCUT2D eigenvalue weighted by Gasteiger charge is 2.43. The minimum atomic E-state index is 0.111. The summed E-state index contributed by atoms with van der Waals surface area (Å²) in [5.74, 6) is 2.81. The standard InChI is InChI=1S/C45H30N4O/c1-4-13-29(14-5-1)30-23-25-32(26-24-30)44-46-43(31-15-6-2-7-16-31)47-45(48-44)36-21-12-20-35-41-39(50-42(35)36)28-27-38-40(41)34-19-10-11-22-37(34)49(38)33-17-8-3-9-18-33/h1-28,38,40H. The van der Waals surface area contributed by atoms with Crippen molar-refractivity contribution >= 4 is 28.4 Å². The van der Waals surface area contributed by atoms with Crippen LogP contribution in [0, 0.1) is 0 Å². The highest BCUT2D eigenvalue weighted by atomic mass is 16.3. The van der Waals surface area contributed by atoms with E-state index in [1.165, 1.54) is 28.1 Å². The normalized spacial score (nSPS) is 15.9. The molecule has 2 unspecified atom stereocenters. The summed E-state index contributed by atoms with van der Waals surface area (Å²) in [7, 11) is 0. The molecule has 0 bridgehead atoms. The summed E-state index contributed by atoms with van der Waals surface area (Å²) in [6.45, 7) is 0. The highest BCUT2D eigenvalue weighted by molar-refractivity contribution is 5.97. The van der Waals surface area contributed by atoms with E-state index in [1.807, 2.05) is 36.4 Å². The molecule has 1 aliphatic heterocycles. The predicted molar refractivity (Wildman–Crippen MR) is 201 cm³/mol. The number of hydrogen-bond acceptors (Lipinski definition) is 5. The maximum Gasteiger partial charge on any atom is 0.167 e. The maximum atomic E-state index is 6.79. The van der Waals surface area contributed by atoms with Gasteiger partial charge in [-0.15, -0.1) is 0 Å². The molecule has 0 amide bonds. The van der Waals surface area contributed by atoms with Crippen molar-refractivity contribution in [2.75, 3.05) is 4.90 Å². The Labute approximate surface area is 289 Å². The molecule has 0 spiro atoms. The van der Waals surface area contributed by atoms with Crippen LogP contribution in [0.4, 0.5) is 11.4 Å². The summed E-state index contributed by atoms with van der Waals surface area (Å²) in [5.41, 5.74) is 10.7. The molecule has 0 saturated heterocycles. The number of benzene rings is 6. The maximum absolute atomic E-state index is 6.79. The lowest BCUT2D eigenvalue weighted by atomic mass is 9.82. The molecule has 5 heteroatoms. The van der Waals surface area contributed by atoms with Crippen LogP contribution < -0.4 is 4.90 Å². The Balaban J connectivity index is 1.12. The zero-order valence-corrected chi connectivity index (χ0v) is 27.0. The van der Waals surface area contributed by atoms with E-state index in [0.29, 0.717) is 17.5 Å². The molecule has 0 N–H and O–H groups in total. The van der Waals surface area contributed by atoms with Gasteiger partial charge in [0, 0.05) is 39.4 Å². The Morgan fingerprint density at radius 1 is 0.500 bits per heavy atom. The molecule has 236 valence electrons. The van der Waals surface area contributed by atoms with Gasteiger partial charge in [-0.2, -0.15) is 0 Å². The molecular formula is C45H30N4O. The van der Waals surface area contributed by atoms with Gasteiger partial charge in [0.25, 0.3) is 0 Å². The van der Waals surface area contributed by atoms with Crippen molar-refractivity contribution in [2.45, 2.75) is 12.0 Å². The molecule has 1 aliphatic carbocycles. The quantitative estimate of drug-likeness (QED) is 0.187. The number of fused-ring (bicyclic) bond motifs is 7. The molecule has 8 aromatic rings. The largest absolute Gasteiger partial charge is 0.456 e. The smallest absolute Gasteiger partial charge is 0.167 e. The van der Waals surface area contributed by atoms with Gasteiger partial charge >= 0.3 is 0 Å². The van der Waals surface area contributed by atoms with Gasteiger partial charge in [-0.1, -0.05) is 140 Å². The van der Waals surface area contributed by atoms with Crippen molar-refractivity contribution in [3.8, 4) is 45.3 Å². The molecule has 0 fully saturated rings. The highest BCUT2D eigenvalue weighted by Crippen LogP contribution is 2.54. The van der Waals surface area contributed by atoms with E-state index in [-0.39, 0.29) is 12.0 Å². The monoisotopic (exact) mass is 642 g/mol. The van der Waals surface area contributed by atoms with Crippen molar-refractivity contribution in [3.05, 3.63) is 181 Å². The minimum Gasteiger partial charge on any atom is -0.456 e. The van der Waals surface area contributed by atoms with Crippen molar-refractivity contribution in [2.24, 2.45) is 0 Å². The minimum absolute atomic E-state index is 0.111. The first-order chi connectivity index (χ1) is 24.8. The topological polar surface area (TPSA) is 55.1 Å². The number of furan rings is 1. The fourth-order valence-electron chi connectivity index (χ4n) is 7.63. The molecule has 10 rings (SSSR count). The van der Waals surface area contributed by atoms with Crippen molar-refractivity contribution in [1.29, 1.82) is 0 Å². The van der Waals surface area contributed by atoms with Crippen LogP contribution in [0.3, 0.4) is 0 Å². The number of rotatable bonds is 5. The molecule has 2 atom stereocenters. The van der Waals surface area contributed by atoms with E-state index in [9.17, 15) is 0 Å². The number of nitrogens with zero attached hydrogens (tertiary/aromatic N) is 4. The third-order valence-electron chi connectivity index (χ3n) is 9.90. The van der Waals surface area contributed by atoms with Crippen molar-refractivity contribution < 1.29 is 4.42 Å². The lowest BCUT2D eigenvalue weighted by Gasteiger charge is -2.30. The van der Waals surface area contributed by atoms with Crippen LogP contribution in [0.5, 0.6) is 0 Å². The summed E-state index contributed by atoms with van der Waals surface area (Å²) in [4.78, 5) is 17.6. The second-order valence-electron chi connectivity index (χ2n) is 12.8. The van der Waals surface area contributed by atoms with Crippen LogP contribution in [-0.2, 0) is 0 Å². The zero-order valence-electron chi connectivity index (χ0n) is 27.0. The average Bonchev–Trinajstić information content (AvgIpc) is 3.74. The van der Waals surface area contributed by atoms with E-state index < -0.39 is 0 Å². The van der Waals surface area contributed by atoms with E-state index in [4.69, 9.17) is 19.4 Å². The molecule has 5 nitrogen and oxygen atoms in total. The summed E-state index contributed by atoms with van der Waals surface area (Å²) in [5, 5.41) is 1.08. The van der Waals surface area contributed by atoms with Crippen molar-refractivity contribution in [3.63, 3.8) is 0 Å². The van der Waals surface area contributed by atoms with E-state index in [0.717, 1.165) is 39.0 Å². The Hall–Kier alpha value is -6.59. The summed E-state index contributed by atoms with van der Waals surface area (Å²) >= 11 is 0. The van der Waals surface area contributed by atoms with Crippen LogP contribution in [0.25, 0.3) is 62.3 Å². The van der Waals surface area contributed by atoms with E-state index in [2.05, 4.69) is 138 Å². The Morgan fingerprint density at radius 3 is 1.82 bits per heavy atom. The van der Waals surface area contributed by atoms with Crippen molar-refractivity contribution in [1.82, 2.24) is 15.0 Å². The Bertz CT molecular complexity index is 2540. The van der Waals surface area contributed by atoms with Gasteiger partial charge in [-0.3, -0.25) is 0 Å². The number of para-hydroxylation sites is 3. The second kappa shape index (κ2) is 11.5. The number of aromatic nitrogens is 3. The molecule has 0 radical (unpaired) electrons. The first-order valence-electron chi connectivity index (χ1n) is 16.9. The molecule has 3 heterocycles. The van der Waals surface area contributed by atoms with Gasteiger partial charge in [-0.25, -0.2) is 15.0 Å². The Kier molecular flexibility index (Phi) is 6.56. The van der Waals surface area contributed by atoms with Gasteiger partial charge in [-0.05, 0) is 47.0 Å². The van der Waals surface area contributed by atoms with E-state index in [1.54, 1.807) is 0 Å². The predicted octanol–water partition coefficient (Wildman–Crippen LogP) is 11.0. The first kappa shape index (κ1) is 28.4. The third kappa shape index (κ3) is 4.59. The lowest BCUT2D eigenvalue weighted by Crippen LogP contribution is -2.30. The average molecular weight is 643 g/mol. The van der Waals surface area contributed by atoms with Crippen LogP contribution >= 0.6 is 0 Å². The molecule has 0 saturated carbocycles. The van der Waals surface area contributed by atoms with Gasteiger partial charge < -0.3 is 9.32 Å². The van der Waals surface area contributed by atoms with Crippen LogP contribution in [-0.4, -0.2) is 21.0 Å². The van der Waals surface area contributed by atoms with Gasteiger partial charge in [0.15, 0.2) is 17.5 Å². The summed E-state index contributed by atoms with van der Waals surface area (Å²) in [6, 6.07) is 54.8. The Morgan fingerprint density at radius 2 is 1.08 bits per heavy atom. The van der Waals surface area contributed by atoms with Gasteiger partial charge in [0.1, 0.15) is 11.3 Å².